The first kappa shape index (κ1) is 24.1. The molecule has 2 aromatic carbocycles. The van der Waals surface area contributed by atoms with Gasteiger partial charge in [0.25, 0.3) is 11.2 Å². The van der Waals surface area contributed by atoms with Gasteiger partial charge < -0.3 is 9.15 Å². The Hall–Kier alpha value is -4.06. The molecule has 0 saturated heterocycles. The first-order valence-electron chi connectivity index (χ1n) is 10.7. The van der Waals surface area contributed by atoms with Crippen LogP contribution in [0.5, 0.6) is 0 Å². The number of hydrogen-bond donors (Lipinski definition) is 0. The number of nitrogens with zero attached hydrogens (tertiary/aromatic N) is 5. The van der Waals surface area contributed by atoms with Crippen LogP contribution in [0.2, 0.25) is 0 Å². The molecular formula is C23H21N5O6S. The van der Waals surface area contributed by atoms with Crippen molar-refractivity contribution in [3.05, 3.63) is 74.4 Å². The Bertz CT molecular complexity index is 1450. The van der Waals surface area contributed by atoms with Gasteiger partial charge in [-0.2, -0.15) is 0 Å². The van der Waals surface area contributed by atoms with E-state index in [1.165, 1.54) is 49.2 Å². The number of nitro groups is 1. The Kier molecular flexibility index (Phi) is 7.20. The van der Waals surface area contributed by atoms with Gasteiger partial charge in [0.05, 0.1) is 34.3 Å². The fourth-order valence-electron chi connectivity index (χ4n) is 3.35. The van der Waals surface area contributed by atoms with E-state index in [2.05, 4.69) is 15.2 Å². The molecule has 0 amide bonds. The summed E-state index contributed by atoms with van der Waals surface area (Å²) in [5.41, 5.74) is 1.02. The van der Waals surface area contributed by atoms with Crippen molar-refractivity contribution in [2.24, 2.45) is 0 Å². The van der Waals surface area contributed by atoms with E-state index in [-0.39, 0.29) is 22.9 Å². The lowest BCUT2D eigenvalue weighted by atomic mass is 10.1. The maximum absolute atomic E-state index is 13.2. The highest BCUT2D eigenvalue weighted by molar-refractivity contribution is 7.98. The summed E-state index contributed by atoms with van der Waals surface area (Å²) in [6.07, 6.45) is 1.70. The number of esters is 1. The van der Waals surface area contributed by atoms with Crippen LogP contribution in [0.3, 0.4) is 0 Å². The van der Waals surface area contributed by atoms with Crippen LogP contribution < -0.4 is 5.56 Å². The van der Waals surface area contributed by atoms with E-state index in [1.54, 1.807) is 16.7 Å². The van der Waals surface area contributed by atoms with E-state index >= 15 is 0 Å². The minimum Gasteiger partial charge on any atom is -0.465 e. The van der Waals surface area contributed by atoms with Gasteiger partial charge in [-0.15, -0.1) is 10.2 Å². The predicted molar refractivity (Wildman–Crippen MR) is 128 cm³/mol. The average molecular weight is 496 g/mol. The van der Waals surface area contributed by atoms with Gasteiger partial charge in [-0.05, 0) is 36.8 Å². The SMILES string of the molecule is CCCCn1c(SCc2nnc(-c3ccc([N+](=O)[O-])cc3)o2)nc2cc(C(=O)OC)ccc2c1=O. The molecule has 0 aliphatic carbocycles. The van der Waals surface area contributed by atoms with Gasteiger partial charge in [0.1, 0.15) is 0 Å². The zero-order valence-electron chi connectivity index (χ0n) is 19.0. The van der Waals surface area contributed by atoms with Crippen LogP contribution in [0.4, 0.5) is 5.69 Å². The number of non-ortho nitro benzene ring substituents is 1. The molecule has 11 nitrogen and oxygen atoms in total. The van der Waals surface area contributed by atoms with E-state index in [4.69, 9.17) is 9.15 Å². The summed E-state index contributed by atoms with van der Waals surface area (Å²) in [6, 6.07) is 10.5. The van der Waals surface area contributed by atoms with Crippen molar-refractivity contribution in [2.45, 2.75) is 37.2 Å². The number of thioether (sulfide) groups is 1. The van der Waals surface area contributed by atoms with Crippen molar-refractivity contribution in [2.75, 3.05) is 7.11 Å². The first-order valence-corrected chi connectivity index (χ1v) is 11.7. The number of carbonyl (C=O) groups is 1. The van der Waals surface area contributed by atoms with Gasteiger partial charge in [0.2, 0.25) is 11.8 Å². The second kappa shape index (κ2) is 10.5. The number of unbranched alkanes of at least 4 members (excludes halogenated alkanes) is 1. The molecular weight excluding hydrogens is 474 g/mol. The van der Waals surface area contributed by atoms with Crippen molar-refractivity contribution in [3.8, 4) is 11.5 Å². The number of ether oxygens (including phenoxy) is 1. The molecule has 0 aliphatic heterocycles. The molecule has 0 unspecified atom stereocenters. The molecule has 4 rings (SSSR count). The summed E-state index contributed by atoms with van der Waals surface area (Å²) in [7, 11) is 1.29. The van der Waals surface area contributed by atoms with Gasteiger partial charge in [-0.1, -0.05) is 25.1 Å². The second-order valence-corrected chi connectivity index (χ2v) is 8.46. The molecule has 0 fully saturated rings. The maximum atomic E-state index is 13.2. The molecule has 2 heterocycles. The summed E-state index contributed by atoms with van der Waals surface area (Å²) in [5.74, 6) is 0.277. The summed E-state index contributed by atoms with van der Waals surface area (Å²) < 4.78 is 12.1. The summed E-state index contributed by atoms with van der Waals surface area (Å²) in [6.45, 7) is 2.53. The molecule has 0 atom stereocenters. The zero-order valence-corrected chi connectivity index (χ0v) is 19.8. The standard InChI is InChI=1S/C23H21N5O6S/c1-3-4-11-27-21(29)17-10-7-15(22(30)33-2)12-18(17)24-23(27)35-13-19-25-26-20(34-19)14-5-8-16(9-6-14)28(31)32/h5-10,12H,3-4,11,13H2,1-2H3. The van der Waals surface area contributed by atoms with Gasteiger partial charge in [-0.3, -0.25) is 19.5 Å². The van der Waals surface area contributed by atoms with E-state index < -0.39 is 10.9 Å². The van der Waals surface area contributed by atoms with E-state index in [0.717, 1.165) is 12.8 Å². The van der Waals surface area contributed by atoms with Gasteiger partial charge in [-0.25, -0.2) is 9.78 Å². The highest BCUT2D eigenvalue weighted by Gasteiger charge is 2.16. The monoisotopic (exact) mass is 495 g/mol. The number of carbonyl (C=O) groups excluding carboxylic acids is 1. The molecule has 12 heteroatoms. The van der Waals surface area contributed by atoms with E-state index in [9.17, 15) is 19.7 Å². The Morgan fingerprint density at radius 3 is 2.66 bits per heavy atom. The number of hydrogen-bond acceptors (Lipinski definition) is 10. The zero-order chi connectivity index (χ0) is 24.9. The lowest BCUT2D eigenvalue weighted by molar-refractivity contribution is -0.384. The third-order valence-electron chi connectivity index (χ3n) is 5.19. The summed E-state index contributed by atoms with van der Waals surface area (Å²) in [5, 5.41) is 19.8. The Labute approximate surface area is 203 Å². The molecule has 35 heavy (non-hydrogen) atoms. The van der Waals surface area contributed by atoms with Crippen LogP contribution in [-0.2, 0) is 17.0 Å². The van der Waals surface area contributed by atoms with Gasteiger partial charge in [0.15, 0.2) is 5.16 Å². The maximum Gasteiger partial charge on any atom is 0.337 e. The van der Waals surface area contributed by atoms with Crippen molar-refractivity contribution in [1.29, 1.82) is 0 Å². The smallest absolute Gasteiger partial charge is 0.337 e. The predicted octanol–water partition coefficient (Wildman–Crippen LogP) is 4.23. The Morgan fingerprint density at radius 1 is 1.20 bits per heavy atom. The minimum atomic E-state index is -0.511. The van der Waals surface area contributed by atoms with Crippen molar-refractivity contribution in [1.82, 2.24) is 19.7 Å². The molecule has 0 aliphatic rings. The quantitative estimate of drug-likeness (QED) is 0.109. The van der Waals surface area contributed by atoms with Crippen LogP contribution in [-0.4, -0.2) is 37.8 Å². The molecule has 0 saturated carbocycles. The lowest BCUT2D eigenvalue weighted by Crippen LogP contribution is -2.23. The van der Waals surface area contributed by atoms with Crippen LogP contribution in [0.15, 0.2) is 56.8 Å². The number of fused-ring (bicyclic) bond motifs is 1. The number of rotatable bonds is 9. The van der Waals surface area contributed by atoms with Crippen LogP contribution in [0, 0.1) is 10.1 Å². The lowest BCUT2D eigenvalue weighted by Gasteiger charge is -2.12. The fourth-order valence-corrected chi connectivity index (χ4v) is 4.21. The molecule has 180 valence electrons. The van der Waals surface area contributed by atoms with Gasteiger partial charge in [0, 0.05) is 24.2 Å². The van der Waals surface area contributed by atoms with Crippen molar-refractivity contribution in [3.63, 3.8) is 0 Å². The normalized spacial score (nSPS) is 11.0. The van der Waals surface area contributed by atoms with Crippen LogP contribution in [0.1, 0.15) is 36.0 Å². The molecule has 0 radical (unpaired) electrons. The first-order chi connectivity index (χ1) is 16.9. The van der Waals surface area contributed by atoms with E-state index in [1.807, 2.05) is 6.92 Å². The van der Waals surface area contributed by atoms with E-state index in [0.29, 0.717) is 39.6 Å². The van der Waals surface area contributed by atoms with Crippen molar-refractivity contribution >= 4 is 34.3 Å². The third-order valence-corrected chi connectivity index (χ3v) is 6.15. The fraction of sp³-hybridized carbons (Fsp3) is 0.261. The Balaban J connectivity index is 1.61. The number of aromatic nitrogens is 4. The Morgan fingerprint density at radius 2 is 1.97 bits per heavy atom. The molecule has 0 N–H and O–H groups in total. The highest BCUT2D eigenvalue weighted by atomic mass is 32.2. The van der Waals surface area contributed by atoms with Gasteiger partial charge >= 0.3 is 5.97 Å². The number of nitro benzene ring substituents is 1. The van der Waals surface area contributed by atoms with Crippen molar-refractivity contribution < 1.29 is 18.9 Å². The third kappa shape index (κ3) is 5.22. The molecule has 0 spiro atoms. The van der Waals surface area contributed by atoms with Crippen LogP contribution in [0.25, 0.3) is 22.4 Å². The molecule has 4 aromatic rings. The molecule has 2 aromatic heterocycles. The minimum absolute atomic E-state index is 0.0353. The summed E-state index contributed by atoms with van der Waals surface area (Å²) in [4.78, 5) is 40.1. The number of methoxy groups -OCH3 is 1. The summed E-state index contributed by atoms with van der Waals surface area (Å²) >= 11 is 1.26. The molecule has 0 bridgehead atoms. The van der Waals surface area contributed by atoms with Crippen LogP contribution >= 0.6 is 11.8 Å². The highest BCUT2D eigenvalue weighted by Crippen LogP contribution is 2.26. The second-order valence-electron chi connectivity index (χ2n) is 7.52. The average Bonchev–Trinajstić information content (AvgIpc) is 3.35. The number of benzene rings is 2. The topological polar surface area (TPSA) is 143 Å². The largest absolute Gasteiger partial charge is 0.465 e.